The molecule has 0 aromatic heterocycles. The van der Waals surface area contributed by atoms with Crippen LogP contribution in [0.15, 0.2) is 47.1 Å². The summed E-state index contributed by atoms with van der Waals surface area (Å²) in [5.74, 6) is 1.24. The third kappa shape index (κ3) is 5.32. The summed E-state index contributed by atoms with van der Waals surface area (Å²) >= 11 is 0. The molecule has 1 N–H and O–H groups in total. The summed E-state index contributed by atoms with van der Waals surface area (Å²) in [7, 11) is 0. The maximum atomic E-state index is 12.2. The van der Waals surface area contributed by atoms with Crippen LogP contribution in [0.5, 0.6) is 5.75 Å². The van der Waals surface area contributed by atoms with Crippen LogP contribution in [-0.4, -0.2) is 18.2 Å². The van der Waals surface area contributed by atoms with E-state index in [2.05, 4.69) is 49.2 Å². The highest BCUT2D eigenvalue weighted by atomic mass is 16.5. The largest absolute Gasteiger partial charge is 0.483 e. The Bertz CT molecular complexity index is 745. The Morgan fingerprint density at radius 1 is 1.38 bits per heavy atom. The van der Waals surface area contributed by atoms with E-state index in [1.807, 2.05) is 26.8 Å². The Morgan fingerprint density at radius 3 is 2.77 bits per heavy atom. The van der Waals surface area contributed by atoms with Crippen molar-refractivity contribution in [3.05, 3.63) is 53.1 Å². The fourth-order valence-corrected chi connectivity index (χ4v) is 2.97. The fraction of sp³-hybridized carbons (Fsp3) is 0.455. The molecule has 0 bridgehead atoms. The number of nitrogens with one attached hydrogen (secondary N) is 1. The summed E-state index contributed by atoms with van der Waals surface area (Å²) in [6.45, 7) is 14.3. The van der Waals surface area contributed by atoms with Gasteiger partial charge >= 0.3 is 0 Å². The number of benzene rings is 1. The highest BCUT2D eigenvalue weighted by Gasteiger charge is 2.19. The first-order valence-electron chi connectivity index (χ1n) is 9.19. The minimum Gasteiger partial charge on any atom is -0.483 e. The molecule has 0 unspecified atom stereocenters. The lowest BCUT2D eigenvalue weighted by Gasteiger charge is -2.22. The zero-order chi connectivity index (χ0) is 19.3. The zero-order valence-electron chi connectivity index (χ0n) is 16.6. The zero-order valence-corrected chi connectivity index (χ0v) is 16.6. The second-order valence-corrected chi connectivity index (χ2v) is 7.45. The first kappa shape index (κ1) is 20.0. The predicted octanol–water partition coefficient (Wildman–Crippen LogP) is 4.90. The van der Waals surface area contributed by atoms with Crippen LogP contribution < -0.4 is 10.2 Å². The van der Waals surface area contributed by atoms with Crippen molar-refractivity contribution in [3.63, 3.8) is 0 Å². The van der Waals surface area contributed by atoms with Crippen molar-refractivity contribution in [3.8, 4) is 5.75 Å². The van der Waals surface area contributed by atoms with Gasteiger partial charge in [-0.05, 0) is 68.2 Å². The van der Waals surface area contributed by atoms with Crippen LogP contribution in [-0.2, 0) is 4.79 Å². The van der Waals surface area contributed by atoms with Gasteiger partial charge in [-0.25, -0.2) is 5.43 Å². The lowest BCUT2D eigenvalue weighted by molar-refractivity contribution is -0.123. The van der Waals surface area contributed by atoms with E-state index in [4.69, 9.17) is 4.74 Å². The molecule has 26 heavy (non-hydrogen) atoms. The number of carbonyl (C=O) groups is 1. The number of allylic oxidation sites excluding steroid dienone is 3. The Morgan fingerprint density at radius 2 is 2.12 bits per heavy atom. The van der Waals surface area contributed by atoms with Crippen molar-refractivity contribution < 1.29 is 9.53 Å². The van der Waals surface area contributed by atoms with E-state index < -0.39 is 0 Å². The van der Waals surface area contributed by atoms with Gasteiger partial charge in [0.2, 0.25) is 0 Å². The molecule has 2 rings (SSSR count). The molecule has 0 saturated heterocycles. The maximum absolute atomic E-state index is 12.2. The van der Waals surface area contributed by atoms with Crippen molar-refractivity contribution in [2.75, 3.05) is 6.61 Å². The first-order valence-corrected chi connectivity index (χ1v) is 9.19. The van der Waals surface area contributed by atoms with Gasteiger partial charge in [0.15, 0.2) is 6.61 Å². The van der Waals surface area contributed by atoms with E-state index in [9.17, 15) is 4.79 Å². The van der Waals surface area contributed by atoms with Gasteiger partial charge in [0, 0.05) is 0 Å². The van der Waals surface area contributed by atoms with Crippen LogP contribution in [0.4, 0.5) is 0 Å². The lowest BCUT2D eigenvalue weighted by atomic mass is 9.85. The van der Waals surface area contributed by atoms with Crippen LogP contribution in [0.25, 0.3) is 0 Å². The van der Waals surface area contributed by atoms with E-state index in [0.717, 1.165) is 46.6 Å². The van der Waals surface area contributed by atoms with Crippen LogP contribution in [0.1, 0.15) is 57.6 Å². The SMILES string of the molecule is C=C(C)[C@H]1CC=C(C)/C(=N/NC(=O)COc2cc(C)ccc2C(C)C)C1. The molecule has 1 aliphatic carbocycles. The standard InChI is InChI=1S/C22H30N2O2/c1-14(2)18-9-8-17(6)20(12-18)23-24-22(25)13-26-21-11-16(5)7-10-19(21)15(3)4/h7-8,10-11,15,18H,1,9,12-13H2,2-6H3,(H,24,25)/b23-20+/t18-/m0/s1. The Hall–Kier alpha value is -2.36. The normalized spacial score (nSPS) is 18.6. The molecule has 1 aromatic carbocycles. The Kier molecular flexibility index (Phi) is 6.78. The van der Waals surface area contributed by atoms with E-state index in [1.54, 1.807) is 0 Å². The minimum absolute atomic E-state index is 0.0490. The van der Waals surface area contributed by atoms with Gasteiger partial charge in [0.25, 0.3) is 5.91 Å². The molecule has 1 amide bonds. The topological polar surface area (TPSA) is 50.7 Å². The van der Waals surface area contributed by atoms with Crippen molar-refractivity contribution in [2.24, 2.45) is 11.0 Å². The number of hydrazone groups is 1. The number of amides is 1. The second-order valence-electron chi connectivity index (χ2n) is 7.45. The molecule has 0 fully saturated rings. The van der Waals surface area contributed by atoms with Crippen molar-refractivity contribution in [1.82, 2.24) is 5.43 Å². The molecule has 1 aromatic rings. The fourth-order valence-electron chi connectivity index (χ4n) is 2.97. The first-order chi connectivity index (χ1) is 12.3. The van der Waals surface area contributed by atoms with Gasteiger partial charge in [0.05, 0.1) is 5.71 Å². The summed E-state index contributed by atoms with van der Waals surface area (Å²) in [6.07, 6.45) is 3.96. The highest BCUT2D eigenvalue weighted by Crippen LogP contribution is 2.28. The molecule has 1 atom stereocenters. The van der Waals surface area contributed by atoms with Crippen LogP contribution in [0, 0.1) is 12.8 Å². The summed E-state index contributed by atoms with van der Waals surface area (Å²) in [6, 6.07) is 6.09. The van der Waals surface area contributed by atoms with Crippen molar-refractivity contribution >= 4 is 11.6 Å². The summed E-state index contributed by atoms with van der Waals surface area (Å²) in [5, 5.41) is 4.31. The molecule has 4 heteroatoms. The molecule has 0 heterocycles. The van der Waals surface area contributed by atoms with Gasteiger partial charge in [0.1, 0.15) is 5.75 Å². The average molecular weight is 354 g/mol. The predicted molar refractivity (Wildman–Crippen MR) is 108 cm³/mol. The molecular weight excluding hydrogens is 324 g/mol. The third-order valence-electron chi connectivity index (χ3n) is 4.77. The van der Waals surface area contributed by atoms with Crippen LogP contribution in [0.2, 0.25) is 0 Å². The van der Waals surface area contributed by atoms with E-state index in [1.165, 1.54) is 0 Å². The van der Waals surface area contributed by atoms with Gasteiger partial charge < -0.3 is 4.74 Å². The van der Waals surface area contributed by atoms with Crippen molar-refractivity contribution in [2.45, 2.75) is 53.4 Å². The van der Waals surface area contributed by atoms with E-state index in [-0.39, 0.29) is 12.5 Å². The molecule has 0 radical (unpaired) electrons. The number of aryl methyl sites for hydroxylation is 1. The van der Waals surface area contributed by atoms with Crippen LogP contribution >= 0.6 is 0 Å². The van der Waals surface area contributed by atoms with E-state index in [0.29, 0.717) is 11.8 Å². The third-order valence-corrected chi connectivity index (χ3v) is 4.77. The molecular formula is C22H30N2O2. The van der Waals surface area contributed by atoms with Gasteiger partial charge in [-0.2, -0.15) is 5.10 Å². The molecule has 0 spiro atoms. The monoisotopic (exact) mass is 354 g/mol. The van der Waals surface area contributed by atoms with Gasteiger partial charge in [-0.1, -0.05) is 44.2 Å². The lowest BCUT2D eigenvalue weighted by Crippen LogP contribution is -2.27. The number of nitrogens with zero attached hydrogens (tertiary/aromatic N) is 1. The molecule has 140 valence electrons. The van der Waals surface area contributed by atoms with E-state index >= 15 is 0 Å². The molecule has 1 aliphatic rings. The number of rotatable bonds is 6. The summed E-state index contributed by atoms with van der Waals surface area (Å²) < 4.78 is 5.76. The Balaban J connectivity index is 1.97. The molecule has 0 aliphatic heterocycles. The van der Waals surface area contributed by atoms with Gasteiger partial charge in [-0.3, -0.25) is 4.79 Å². The highest BCUT2D eigenvalue weighted by molar-refractivity contribution is 6.01. The number of hydrogen-bond donors (Lipinski definition) is 1. The second kappa shape index (κ2) is 8.84. The van der Waals surface area contributed by atoms with Crippen LogP contribution in [0.3, 0.4) is 0 Å². The Labute approximate surface area is 157 Å². The van der Waals surface area contributed by atoms with Crippen molar-refractivity contribution in [1.29, 1.82) is 0 Å². The molecule has 0 saturated carbocycles. The minimum atomic E-state index is -0.251. The summed E-state index contributed by atoms with van der Waals surface area (Å²) in [5.41, 5.74) is 8.02. The number of carbonyl (C=O) groups excluding carboxylic acids is 1. The summed E-state index contributed by atoms with van der Waals surface area (Å²) in [4.78, 5) is 12.2. The van der Waals surface area contributed by atoms with Gasteiger partial charge in [-0.15, -0.1) is 0 Å². The quantitative estimate of drug-likeness (QED) is 0.583. The smallest absolute Gasteiger partial charge is 0.277 e. The number of ether oxygens (including phenoxy) is 1. The maximum Gasteiger partial charge on any atom is 0.277 e. The number of hydrogen-bond acceptors (Lipinski definition) is 3. The molecule has 4 nitrogen and oxygen atoms in total. The average Bonchev–Trinajstić information content (AvgIpc) is 2.58.